The van der Waals surface area contributed by atoms with Crippen molar-refractivity contribution < 1.29 is 22.7 Å². The Bertz CT molecular complexity index is 852. The monoisotopic (exact) mass is 441 g/mol. The molecule has 1 aromatic carbocycles. The van der Waals surface area contributed by atoms with Crippen LogP contribution in [-0.4, -0.2) is 41.5 Å². The third-order valence-electron chi connectivity index (χ3n) is 5.03. The van der Waals surface area contributed by atoms with E-state index in [0.717, 1.165) is 29.9 Å². The van der Waals surface area contributed by atoms with E-state index in [4.69, 9.17) is 4.74 Å². The molecule has 31 heavy (non-hydrogen) atoms. The van der Waals surface area contributed by atoms with Crippen LogP contribution in [0.1, 0.15) is 37.1 Å². The Labute approximate surface area is 180 Å². The number of aromatic nitrogens is 2. The first-order valence-corrected chi connectivity index (χ1v) is 10.1. The third kappa shape index (κ3) is 6.70. The summed E-state index contributed by atoms with van der Waals surface area (Å²) in [5, 5.41) is 13.1. The van der Waals surface area contributed by atoms with E-state index in [0.29, 0.717) is 19.5 Å². The summed E-state index contributed by atoms with van der Waals surface area (Å²) in [5.74, 6) is -0.172. The van der Waals surface area contributed by atoms with Crippen molar-refractivity contribution in [2.75, 3.05) is 20.3 Å². The molecule has 0 bridgehead atoms. The van der Waals surface area contributed by atoms with Gasteiger partial charge in [-0.25, -0.2) is 0 Å². The molecule has 0 spiro atoms. The lowest BCUT2D eigenvalue weighted by molar-refractivity contribution is -0.138. The summed E-state index contributed by atoms with van der Waals surface area (Å²) in [4.78, 5) is 12.7. The molecule has 0 fully saturated rings. The number of halogens is 3. The molecule has 1 amide bonds. The summed E-state index contributed by atoms with van der Waals surface area (Å²) in [6.07, 6.45) is -2.31. The third-order valence-corrected chi connectivity index (χ3v) is 5.03. The van der Waals surface area contributed by atoms with Crippen molar-refractivity contribution >= 4 is 5.91 Å². The smallest absolute Gasteiger partial charge is 0.416 e. The van der Waals surface area contributed by atoms with Crippen LogP contribution in [0.5, 0.6) is 5.75 Å². The van der Waals surface area contributed by atoms with Gasteiger partial charge in [0.15, 0.2) is 5.60 Å². The second kappa shape index (κ2) is 10.6. The van der Waals surface area contributed by atoms with E-state index >= 15 is 0 Å². The van der Waals surface area contributed by atoms with Gasteiger partial charge in [-0.1, -0.05) is 0 Å². The van der Waals surface area contributed by atoms with Gasteiger partial charge in [-0.3, -0.25) is 9.48 Å². The number of aryl methyl sites for hydroxylation is 1. The van der Waals surface area contributed by atoms with E-state index in [1.54, 1.807) is 14.0 Å². The minimum absolute atomic E-state index is 0.190. The largest absolute Gasteiger partial charge is 0.478 e. The average Bonchev–Trinajstić information content (AvgIpc) is 3.08. The number of hydrogen-bond donors (Lipinski definition) is 3. The molecule has 1 unspecified atom stereocenters. The first kappa shape index (κ1) is 24.7. The zero-order valence-electron chi connectivity index (χ0n) is 18.3. The van der Waals surface area contributed by atoms with Gasteiger partial charge in [-0.05, 0) is 58.6 Å². The number of ether oxygens (including phenoxy) is 1. The molecule has 0 radical (unpaired) electrons. The summed E-state index contributed by atoms with van der Waals surface area (Å²) in [6.45, 7) is 7.71. The van der Waals surface area contributed by atoms with E-state index in [2.05, 4.69) is 21.0 Å². The number of carbonyl (C=O) groups excluding carboxylic acids is 1. The predicted molar refractivity (Wildman–Crippen MR) is 112 cm³/mol. The predicted octanol–water partition coefficient (Wildman–Crippen LogP) is 2.84. The zero-order valence-corrected chi connectivity index (χ0v) is 18.3. The minimum Gasteiger partial charge on any atom is -0.478 e. The van der Waals surface area contributed by atoms with Gasteiger partial charge in [0.2, 0.25) is 0 Å². The summed E-state index contributed by atoms with van der Waals surface area (Å²) < 4.78 is 46.2. The Morgan fingerprint density at radius 2 is 1.90 bits per heavy atom. The van der Waals surface area contributed by atoms with Gasteiger partial charge in [-0.2, -0.15) is 18.3 Å². The molecule has 1 atom stereocenters. The molecule has 0 saturated heterocycles. The Morgan fingerprint density at radius 1 is 1.23 bits per heavy atom. The molecular formula is C21H30F3N5O2. The molecule has 172 valence electrons. The minimum atomic E-state index is -4.43. The van der Waals surface area contributed by atoms with Crippen molar-refractivity contribution in [3.05, 3.63) is 47.3 Å². The van der Waals surface area contributed by atoms with E-state index < -0.39 is 17.3 Å². The number of carbonyl (C=O) groups is 1. The lowest BCUT2D eigenvalue weighted by Crippen LogP contribution is -2.52. The molecule has 3 N–H and O–H groups in total. The number of nitrogens with one attached hydrogen (secondary N) is 3. The fourth-order valence-electron chi connectivity index (χ4n) is 3.07. The number of rotatable bonds is 11. The van der Waals surface area contributed by atoms with E-state index in [1.165, 1.54) is 12.1 Å². The maximum atomic E-state index is 12.8. The van der Waals surface area contributed by atoms with Crippen LogP contribution in [0, 0.1) is 6.92 Å². The van der Waals surface area contributed by atoms with Crippen LogP contribution in [-0.2, 0) is 24.1 Å². The molecule has 10 heteroatoms. The second-order valence-corrected chi connectivity index (χ2v) is 7.39. The number of alkyl halides is 3. The Kier molecular flexibility index (Phi) is 8.46. The molecule has 0 aliphatic rings. The van der Waals surface area contributed by atoms with Crippen LogP contribution < -0.4 is 20.7 Å². The Balaban J connectivity index is 2.04. The van der Waals surface area contributed by atoms with E-state index in [9.17, 15) is 18.0 Å². The molecular weight excluding hydrogens is 411 g/mol. The van der Waals surface area contributed by atoms with Gasteiger partial charge in [0.25, 0.3) is 5.91 Å². The van der Waals surface area contributed by atoms with E-state index in [1.807, 2.05) is 24.7 Å². The first-order chi connectivity index (χ1) is 14.6. The molecule has 1 aromatic heterocycles. The fraction of sp³-hybridized carbons (Fsp3) is 0.524. The number of amides is 1. The van der Waals surface area contributed by atoms with Gasteiger partial charge in [-0.15, -0.1) is 0 Å². The maximum Gasteiger partial charge on any atom is 0.416 e. The SMILES string of the molecule is CCn1ncc(CNCCC(C)(Oc2ccc(C(F)(F)F)cc2)C(=O)NCNC)c1C. The average molecular weight is 441 g/mol. The summed E-state index contributed by atoms with van der Waals surface area (Å²) in [7, 11) is 1.69. The Hall–Kier alpha value is -2.59. The van der Waals surface area contributed by atoms with Gasteiger partial charge in [0.05, 0.1) is 18.4 Å². The highest BCUT2D eigenvalue weighted by Crippen LogP contribution is 2.31. The van der Waals surface area contributed by atoms with Crippen LogP contribution >= 0.6 is 0 Å². The Morgan fingerprint density at radius 3 is 2.45 bits per heavy atom. The molecule has 0 saturated carbocycles. The highest BCUT2D eigenvalue weighted by atomic mass is 19.4. The normalized spacial score (nSPS) is 13.6. The van der Waals surface area contributed by atoms with Crippen LogP contribution in [0.25, 0.3) is 0 Å². The lowest BCUT2D eigenvalue weighted by Gasteiger charge is -2.30. The number of benzene rings is 1. The van der Waals surface area contributed by atoms with Crippen molar-refractivity contribution in [3.63, 3.8) is 0 Å². The topological polar surface area (TPSA) is 80.2 Å². The van der Waals surface area contributed by atoms with Gasteiger partial charge < -0.3 is 20.7 Å². The summed E-state index contributed by atoms with van der Waals surface area (Å²) in [5.41, 5.74) is 0.0925. The quantitative estimate of drug-likeness (QED) is 0.369. The molecule has 0 aliphatic carbocycles. The van der Waals surface area contributed by atoms with Gasteiger partial charge in [0, 0.05) is 30.8 Å². The molecule has 7 nitrogen and oxygen atoms in total. The highest BCUT2D eigenvalue weighted by molar-refractivity contribution is 5.85. The first-order valence-electron chi connectivity index (χ1n) is 10.1. The molecule has 1 heterocycles. The van der Waals surface area contributed by atoms with Crippen molar-refractivity contribution in [2.24, 2.45) is 0 Å². The highest BCUT2D eigenvalue weighted by Gasteiger charge is 2.36. The summed E-state index contributed by atoms with van der Waals surface area (Å²) >= 11 is 0. The lowest BCUT2D eigenvalue weighted by atomic mass is 10.0. The van der Waals surface area contributed by atoms with Crippen LogP contribution in [0.3, 0.4) is 0 Å². The molecule has 2 rings (SSSR count). The van der Waals surface area contributed by atoms with Crippen LogP contribution in [0.15, 0.2) is 30.5 Å². The second-order valence-electron chi connectivity index (χ2n) is 7.39. The number of nitrogens with zero attached hydrogens (tertiary/aromatic N) is 2. The van der Waals surface area contributed by atoms with Crippen LogP contribution in [0.4, 0.5) is 13.2 Å². The molecule has 0 aliphatic heterocycles. The van der Waals surface area contributed by atoms with Crippen molar-refractivity contribution in [3.8, 4) is 5.75 Å². The van der Waals surface area contributed by atoms with Crippen molar-refractivity contribution in [1.29, 1.82) is 0 Å². The zero-order chi connectivity index (χ0) is 23.1. The van der Waals surface area contributed by atoms with Gasteiger partial charge in [0.1, 0.15) is 5.75 Å². The molecule has 2 aromatic rings. The standard InChI is InChI=1S/C21H30F3N5O2/c1-5-29-15(2)16(13-28-29)12-26-11-10-20(3,19(30)27-14-25-4)31-18-8-6-17(7-9-18)21(22,23)24/h6-9,13,25-26H,5,10-12,14H2,1-4H3,(H,27,30). The van der Waals surface area contributed by atoms with Gasteiger partial charge >= 0.3 is 6.18 Å². The van der Waals surface area contributed by atoms with Crippen LogP contribution in [0.2, 0.25) is 0 Å². The van der Waals surface area contributed by atoms with Crippen molar-refractivity contribution in [2.45, 2.75) is 52.1 Å². The van der Waals surface area contributed by atoms with E-state index in [-0.39, 0.29) is 18.3 Å². The van der Waals surface area contributed by atoms with Crippen molar-refractivity contribution in [1.82, 2.24) is 25.7 Å². The summed E-state index contributed by atoms with van der Waals surface area (Å²) in [6, 6.07) is 4.33. The maximum absolute atomic E-state index is 12.8. The fourth-order valence-corrected chi connectivity index (χ4v) is 3.07. The number of hydrogen-bond acceptors (Lipinski definition) is 5.